The summed E-state index contributed by atoms with van der Waals surface area (Å²) in [6.07, 6.45) is 1.36. The molecule has 2 N–H and O–H groups in total. The number of aromatic amines is 1. The summed E-state index contributed by atoms with van der Waals surface area (Å²) in [5.74, 6) is 0.00986. The molecular weight excluding hydrogens is 296 g/mol. The summed E-state index contributed by atoms with van der Waals surface area (Å²) >= 11 is 3.37. The number of carbonyl (C=O) groups excluding carboxylic acids is 1. The van der Waals surface area contributed by atoms with Gasteiger partial charge in [-0.15, -0.1) is 0 Å². The highest BCUT2D eigenvalue weighted by molar-refractivity contribution is 9.10. The van der Waals surface area contributed by atoms with Crippen LogP contribution in [0.3, 0.4) is 0 Å². The molecule has 1 heterocycles. The Morgan fingerprint density at radius 1 is 1.56 bits per heavy atom. The normalized spacial score (nSPS) is 9.83. The zero-order chi connectivity index (χ0) is 13.1. The van der Waals surface area contributed by atoms with Crippen LogP contribution in [0.4, 0.5) is 5.82 Å². The van der Waals surface area contributed by atoms with Crippen LogP contribution >= 0.6 is 15.9 Å². The fourth-order valence-corrected chi connectivity index (χ4v) is 1.76. The van der Waals surface area contributed by atoms with E-state index in [1.807, 2.05) is 19.1 Å². The van der Waals surface area contributed by atoms with Gasteiger partial charge in [0.15, 0.2) is 0 Å². The van der Waals surface area contributed by atoms with Crippen LogP contribution in [0.25, 0.3) is 0 Å². The number of benzene rings is 1. The summed E-state index contributed by atoms with van der Waals surface area (Å²) in [6, 6.07) is 7.23. The molecule has 2 aromatic rings. The number of nitriles is 1. The lowest BCUT2D eigenvalue weighted by Gasteiger charge is -2.05. The van der Waals surface area contributed by atoms with Crippen LogP contribution in [0.15, 0.2) is 28.9 Å². The Balaban J connectivity index is 2.23. The highest BCUT2D eigenvalue weighted by Crippen LogP contribution is 2.18. The summed E-state index contributed by atoms with van der Waals surface area (Å²) in [4.78, 5) is 12.0. The molecule has 2 rings (SSSR count). The fourth-order valence-electron chi connectivity index (χ4n) is 1.39. The van der Waals surface area contributed by atoms with Crippen LogP contribution in [0.5, 0.6) is 0 Å². The topological polar surface area (TPSA) is 81.6 Å². The smallest absolute Gasteiger partial charge is 0.256 e. The Labute approximate surface area is 112 Å². The molecule has 0 atom stereocenters. The first-order chi connectivity index (χ1) is 8.61. The fraction of sp³-hybridized carbons (Fsp3) is 0.0833. The lowest BCUT2D eigenvalue weighted by atomic mass is 10.1. The maximum atomic E-state index is 12.0. The second-order valence-corrected chi connectivity index (χ2v) is 4.54. The highest BCUT2D eigenvalue weighted by atomic mass is 79.9. The molecule has 0 aliphatic rings. The highest BCUT2D eigenvalue weighted by Gasteiger charge is 2.11. The monoisotopic (exact) mass is 304 g/mol. The van der Waals surface area contributed by atoms with E-state index in [-0.39, 0.29) is 5.91 Å². The summed E-state index contributed by atoms with van der Waals surface area (Å²) in [6.45, 7) is 1.94. The van der Waals surface area contributed by atoms with E-state index in [1.54, 1.807) is 12.1 Å². The zero-order valence-corrected chi connectivity index (χ0v) is 11.1. The average molecular weight is 305 g/mol. The van der Waals surface area contributed by atoms with Gasteiger partial charge in [-0.1, -0.05) is 22.0 Å². The Bertz CT molecular complexity index is 642. The van der Waals surface area contributed by atoms with Gasteiger partial charge in [0.2, 0.25) is 0 Å². The predicted octanol–water partition coefficient (Wildman–Crippen LogP) is 2.60. The molecule has 1 aromatic carbocycles. The summed E-state index contributed by atoms with van der Waals surface area (Å²) in [5.41, 5.74) is 1.85. The number of aryl methyl sites for hydroxylation is 1. The second-order valence-electron chi connectivity index (χ2n) is 3.69. The van der Waals surface area contributed by atoms with Crippen molar-refractivity contribution in [2.24, 2.45) is 0 Å². The molecule has 0 unspecified atom stereocenters. The number of hydrogen-bond acceptors (Lipinski definition) is 3. The number of carbonyl (C=O) groups is 1. The van der Waals surface area contributed by atoms with Crippen LogP contribution in [0, 0.1) is 18.3 Å². The van der Waals surface area contributed by atoms with Crippen molar-refractivity contribution in [3.63, 3.8) is 0 Å². The molecule has 0 spiro atoms. The van der Waals surface area contributed by atoms with Crippen molar-refractivity contribution in [2.75, 3.05) is 5.32 Å². The lowest BCUT2D eigenvalue weighted by molar-refractivity contribution is 0.102. The minimum atomic E-state index is -0.295. The van der Waals surface area contributed by atoms with Crippen molar-refractivity contribution in [1.82, 2.24) is 10.2 Å². The number of hydrogen-bond donors (Lipinski definition) is 2. The average Bonchev–Trinajstić information content (AvgIpc) is 2.79. The van der Waals surface area contributed by atoms with E-state index in [0.717, 1.165) is 10.0 Å². The molecule has 90 valence electrons. The third-order valence-electron chi connectivity index (χ3n) is 2.43. The van der Waals surface area contributed by atoms with E-state index in [2.05, 4.69) is 31.4 Å². The maximum Gasteiger partial charge on any atom is 0.256 e. The molecular formula is C12H9BrN4O. The van der Waals surface area contributed by atoms with Crippen LogP contribution in [-0.4, -0.2) is 16.1 Å². The second kappa shape index (κ2) is 5.02. The molecule has 18 heavy (non-hydrogen) atoms. The van der Waals surface area contributed by atoms with Gasteiger partial charge >= 0.3 is 0 Å². The minimum absolute atomic E-state index is 0.295. The molecule has 6 heteroatoms. The Morgan fingerprint density at radius 2 is 2.33 bits per heavy atom. The van der Waals surface area contributed by atoms with Gasteiger partial charge in [0.25, 0.3) is 5.91 Å². The third kappa shape index (κ3) is 2.41. The number of H-pyrrole nitrogens is 1. The Kier molecular flexibility index (Phi) is 3.44. The van der Waals surface area contributed by atoms with E-state index in [1.165, 1.54) is 6.20 Å². The van der Waals surface area contributed by atoms with Gasteiger partial charge in [0, 0.05) is 10.0 Å². The van der Waals surface area contributed by atoms with Crippen molar-refractivity contribution >= 4 is 27.7 Å². The molecule has 0 aliphatic heterocycles. The van der Waals surface area contributed by atoms with Crippen molar-refractivity contribution in [2.45, 2.75) is 6.92 Å². The summed E-state index contributed by atoms with van der Waals surface area (Å²) in [7, 11) is 0. The number of aromatic nitrogens is 2. The van der Waals surface area contributed by atoms with Gasteiger partial charge in [-0.05, 0) is 24.6 Å². The molecule has 0 bridgehead atoms. The van der Waals surface area contributed by atoms with Crippen molar-refractivity contribution < 1.29 is 4.79 Å². The van der Waals surface area contributed by atoms with Crippen LogP contribution in [0.1, 0.15) is 21.5 Å². The molecule has 0 fully saturated rings. The number of amides is 1. The van der Waals surface area contributed by atoms with E-state index in [4.69, 9.17) is 5.26 Å². The van der Waals surface area contributed by atoms with E-state index in [0.29, 0.717) is 16.9 Å². The first-order valence-electron chi connectivity index (χ1n) is 5.13. The van der Waals surface area contributed by atoms with Crippen molar-refractivity contribution in [3.05, 3.63) is 45.6 Å². The van der Waals surface area contributed by atoms with E-state index in [9.17, 15) is 4.79 Å². The van der Waals surface area contributed by atoms with Crippen LogP contribution in [0.2, 0.25) is 0 Å². The van der Waals surface area contributed by atoms with Crippen molar-refractivity contribution in [1.29, 1.82) is 5.26 Å². The quantitative estimate of drug-likeness (QED) is 0.894. The molecule has 0 aliphatic carbocycles. The molecule has 0 radical (unpaired) electrons. The Morgan fingerprint density at radius 3 is 3.00 bits per heavy atom. The summed E-state index contributed by atoms with van der Waals surface area (Å²) in [5, 5.41) is 17.7. The number of rotatable bonds is 2. The van der Waals surface area contributed by atoms with E-state index < -0.39 is 0 Å². The SMILES string of the molecule is Cc1ccc(C(=O)Nc2[nH]ncc2C#N)cc1Br. The largest absolute Gasteiger partial charge is 0.306 e. The van der Waals surface area contributed by atoms with Crippen LogP contribution < -0.4 is 5.32 Å². The number of halogens is 1. The number of nitrogens with zero attached hydrogens (tertiary/aromatic N) is 2. The lowest BCUT2D eigenvalue weighted by Crippen LogP contribution is -2.13. The summed E-state index contributed by atoms with van der Waals surface area (Å²) < 4.78 is 0.861. The number of anilines is 1. The predicted molar refractivity (Wildman–Crippen MR) is 70.1 cm³/mol. The third-order valence-corrected chi connectivity index (χ3v) is 3.29. The molecule has 5 nitrogen and oxygen atoms in total. The van der Waals surface area contributed by atoms with Gasteiger partial charge < -0.3 is 5.32 Å². The first kappa shape index (κ1) is 12.3. The first-order valence-corrected chi connectivity index (χ1v) is 5.92. The minimum Gasteiger partial charge on any atom is -0.306 e. The van der Waals surface area contributed by atoms with E-state index >= 15 is 0 Å². The van der Waals surface area contributed by atoms with Gasteiger partial charge in [-0.2, -0.15) is 10.4 Å². The van der Waals surface area contributed by atoms with Crippen molar-refractivity contribution in [3.8, 4) is 6.07 Å². The van der Waals surface area contributed by atoms with Gasteiger partial charge in [-0.3, -0.25) is 9.89 Å². The van der Waals surface area contributed by atoms with Crippen LogP contribution in [-0.2, 0) is 0 Å². The number of nitrogens with one attached hydrogen (secondary N) is 2. The zero-order valence-electron chi connectivity index (χ0n) is 9.49. The Hall–Kier alpha value is -2.13. The molecule has 0 saturated heterocycles. The maximum absolute atomic E-state index is 12.0. The molecule has 1 aromatic heterocycles. The standard InChI is InChI=1S/C12H9BrN4O/c1-7-2-3-8(4-10(7)13)12(18)16-11-9(5-14)6-15-17-11/h2-4,6H,1H3,(H2,15,16,17,18). The molecule has 1 amide bonds. The van der Waals surface area contributed by atoms with Gasteiger partial charge in [0.1, 0.15) is 17.5 Å². The molecule has 0 saturated carbocycles. The van der Waals surface area contributed by atoms with Gasteiger partial charge in [0.05, 0.1) is 6.20 Å². The van der Waals surface area contributed by atoms with Gasteiger partial charge in [-0.25, -0.2) is 0 Å².